The van der Waals surface area contributed by atoms with Gasteiger partial charge < -0.3 is 5.73 Å². The average molecular weight is 334 g/mol. The number of nitrogens with two attached hydrogens (primary N) is 1. The van der Waals surface area contributed by atoms with Crippen molar-refractivity contribution >= 4 is 16.7 Å². The zero-order valence-electron chi connectivity index (χ0n) is 15.5. The number of hydrogen-bond donors (Lipinski definition) is 1. The molecule has 0 amide bonds. The molecule has 3 rings (SSSR count). The van der Waals surface area contributed by atoms with E-state index in [1.54, 1.807) is 0 Å². The Balaban J connectivity index is 2.28. The number of carbonyl (C=O) groups is 1. The van der Waals surface area contributed by atoms with E-state index < -0.39 is 0 Å². The average Bonchev–Trinajstić information content (AvgIpc) is 2.83. The van der Waals surface area contributed by atoms with Crippen LogP contribution in [0.1, 0.15) is 61.5 Å². The molecule has 1 aliphatic heterocycles. The van der Waals surface area contributed by atoms with Gasteiger partial charge in [-0.1, -0.05) is 58.0 Å². The number of nitrogens with zero attached hydrogens (tertiary/aromatic N) is 1. The molecule has 130 valence electrons. The third kappa shape index (κ3) is 3.05. The van der Waals surface area contributed by atoms with Gasteiger partial charge in [0, 0.05) is 29.0 Å². The molecule has 1 aliphatic carbocycles. The maximum atomic E-state index is 12.6. The quantitative estimate of drug-likeness (QED) is 0.656. The van der Waals surface area contributed by atoms with Gasteiger partial charge in [0.1, 0.15) is 0 Å². The number of fused-ring (bicyclic) bond motifs is 3. The third-order valence-electron chi connectivity index (χ3n) is 5.09. The summed E-state index contributed by atoms with van der Waals surface area (Å²) in [6, 6.07) is 12.1. The minimum Gasteiger partial charge on any atom is -0.326 e. The molecule has 1 aromatic carbocycles. The molecular formula is C22H26N2O. The predicted octanol–water partition coefficient (Wildman–Crippen LogP) is 5.15. The van der Waals surface area contributed by atoms with Crippen LogP contribution in [-0.2, 0) is 6.54 Å². The zero-order valence-corrected chi connectivity index (χ0v) is 15.5. The zero-order chi connectivity index (χ0) is 18.1. The number of ketones is 1. The molecule has 1 atom stereocenters. The highest BCUT2D eigenvalue weighted by atomic mass is 16.1. The van der Waals surface area contributed by atoms with E-state index in [0.717, 1.165) is 39.7 Å². The molecule has 2 aliphatic rings. The van der Waals surface area contributed by atoms with Crippen LogP contribution in [-0.4, -0.2) is 10.8 Å². The lowest BCUT2D eigenvalue weighted by Gasteiger charge is -2.09. The molecule has 2 N–H and O–H groups in total. The predicted molar refractivity (Wildman–Crippen MR) is 104 cm³/mol. The Bertz CT molecular complexity index is 898. The monoisotopic (exact) mass is 334 g/mol. The summed E-state index contributed by atoms with van der Waals surface area (Å²) in [5, 5.41) is 1.13. The van der Waals surface area contributed by atoms with Crippen molar-refractivity contribution in [2.45, 2.75) is 46.6 Å². The lowest BCUT2D eigenvalue weighted by Crippen LogP contribution is -2.09. The molecule has 0 saturated heterocycles. The van der Waals surface area contributed by atoms with Crippen molar-refractivity contribution in [2.24, 2.45) is 11.7 Å². The van der Waals surface area contributed by atoms with Crippen molar-refractivity contribution in [3.05, 3.63) is 53.1 Å². The summed E-state index contributed by atoms with van der Waals surface area (Å²) in [5.41, 5.74) is 12.0. The molecule has 1 heterocycles. The van der Waals surface area contributed by atoms with Gasteiger partial charge in [0.25, 0.3) is 0 Å². The maximum Gasteiger partial charge on any atom is 0.165 e. The van der Waals surface area contributed by atoms with Crippen LogP contribution >= 0.6 is 0 Å². The molecule has 0 spiro atoms. The first-order valence-corrected chi connectivity index (χ1v) is 9.07. The SMILES string of the molecule is CCC(C)C(=O)c1cccc2c3c(CN)ccc(C(C)C)c3nc-2c1. The van der Waals surface area contributed by atoms with E-state index in [2.05, 4.69) is 32.0 Å². The highest BCUT2D eigenvalue weighted by molar-refractivity contribution is 6.04. The van der Waals surface area contributed by atoms with Crippen LogP contribution in [0.5, 0.6) is 0 Å². The van der Waals surface area contributed by atoms with E-state index in [1.165, 1.54) is 5.56 Å². The Hall–Kier alpha value is -2.26. The Kier molecular flexibility index (Phi) is 4.87. The standard InChI is InChI=1S/C22H26N2O/c1-5-14(4)22(25)15-7-6-8-18-19(11-15)24-21-17(13(2)3)10-9-16(12-23)20(18)21/h6-11,13-14H,5,12,23H2,1-4H3. The smallest absolute Gasteiger partial charge is 0.165 e. The van der Waals surface area contributed by atoms with Gasteiger partial charge in [-0.3, -0.25) is 4.79 Å². The van der Waals surface area contributed by atoms with Gasteiger partial charge in [-0.05, 0) is 29.5 Å². The van der Waals surface area contributed by atoms with Crippen molar-refractivity contribution in [1.82, 2.24) is 4.98 Å². The van der Waals surface area contributed by atoms with Gasteiger partial charge in [0.05, 0.1) is 11.2 Å². The maximum absolute atomic E-state index is 12.6. The summed E-state index contributed by atoms with van der Waals surface area (Å²) in [4.78, 5) is 17.5. The molecule has 1 aromatic rings. The number of aromatic nitrogens is 1. The molecular weight excluding hydrogens is 308 g/mol. The lowest BCUT2D eigenvalue weighted by molar-refractivity contribution is 0.0927. The third-order valence-corrected chi connectivity index (χ3v) is 5.09. The number of Topliss-reactive ketones (excluding diaryl/α,β-unsaturated/α-hetero) is 1. The molecule has 0 bridgehead atoms. The van der Waals surface area contributed by atoms with Crippen LogP contribution < -0.4 is 5.73 Å². The molecule has 0 saturated carbocycles. The largest absolute Gasteiger partial charge is 0.326 e. The molecule has 0 aromatic heterocycles. The summed E-state index contributed by atoms with van der Waals surface area (Å²) < 4.78 is 0. The molecule has 25 heavy (non-hydrogen) atoms. The van der Waals surface area contributed by atoms with E-state index in [4.69, 9.17) is 10.7 Å². The van der Waals surface area contributed by atoms with Gasteiger partial charge in [-0.15, -0.1) is 0 Å². The van der Waals surface area contributed by atoms with Crippen LogP contribution in [0.3, 0.4) is 0 Å². The fraction of sp³-hybridized carbons (Fsp3) is 0.364. The molecule has 0 fully saturated rings. The van der Waals surface area contributed by atoms with E-state index in [9.17, 15) is 4.79 Å². The van der Waals surface area contributed by atoms with Gasteiger partial charge in [0.15, 0.2) is 5.78 Å². The molecule has 0 radical (unpaired) electrons. The summed E-state index contributed by atoms with van der Waals surface area (Å²) in [6.45, 7) is 8.85. The minimum absolute atomic E-state index is 0.0210. The number of benzene rings is 1. The van der Waals surface area contributed by atoms with E-state index >= 15 is 0 Å². The van der Waals surface area contributed by atoms with Crippen LogP contribution in [0.15, 0.2) is 36.4 Å². The Morgan fingerprint density at radius 2 is 1.92 bits per heavy atom. The first-order valence-electron chi connectivity index (χ1n) is 9.07. The summed E-state index contributed by atoms with van der Waals surface area (Å²) in [7, 11) is 0. The molecule has 3 nitrogen and oxygen atoms in total. The van der Waals surface area contributed by atoms with Crippen molar-refractivity contribution in [2.75, 3.05) is 0 Å². The normalized spacial score (nSPS) is 12.9. The Morgan fingerprint density at radius 1 is 1.16 bits per heavy atom. The minimum atomic E-state index is 0.0210. The van der Waals surface area contributed by atoms with Gasteiger partial charge in [0.2, 0.25) is 0 Å². The topological polar surface area (TPSA) is 56.0 Å². The van der Waals surface area contributed by atoms with Crippen LogP contribution in [0.4, 0.5) is 0 Å². The first kappa shape index (κ1) is 17.6. The number of rotatable bonds is 5. The van der Waals surface area contributed by atoms with Gasteiger partial charge >= 0.3 is 0 Å². The fourth-order valence-corrected chi connectivity index (χ4v) is 3.36. The molecule has 3 heteroatoms. The second-order valence-electron chi connectivity index (χ2n) is 7.11. The Labute approximate surface area is 149 Å². The second-order valence-corrected chi connectivity index (χ2v) is 7.11. The van der Waals surface area contributed by atoms with Gasteiger partial charge in [-0.2, -0.15) is 0 Å². The van der Waals surface area contributed by atoms with E-state index in [0.29, 0.717) is 12.5 Å². The highest BCUT2D eigenvalue weighted by Gasteiger charge is 2.20. The lowest BCUT2D eigenvalue weighted by atomic mass is 9.95. The first-order chi connectivity index (χ1) is 12.0. The number of hydrogen-bond acceptors (Lipinski definition) is 3. The van der Waals surface area contributed by atoms with Crippen LogP contribution in [0.25, 0.3) is 22.2 Å². The summed E-state index contributed by atoms with van der Waals surface area (Å²) in [6.07, 6.45) is 0.839. The van der Waals surface area contributed by atoms with Crippen LogP contribution in [0.2, 0.25) is 0 Å². The van der Waals surface area contributed by atoms with Crippen molar-refractivity contribution < 1.29 is 4.79 Å². The fourth-order valence-electron chi connectivity index (χ4n) is 3.36. The summed E-state index contributed by atoms with van der Waals surface area (Å²) in [5.74, 6) is 0.580. The van der Waals surface area contributed by atoms with Crippen molar-refractivity contribution in [1.29, 1.82) is 0 Å². The highest BCUT2D eigenvalue weighted by Crippen LogP contribution is 2.37. The molecule has 1 unspecified atom stereocenters. The Morgan fingerprint density at radius 3 is 2.56 bits per heavy atom. The second kappa shape index (κ2) is 6.93. The summed E-state index contributed by atoms with van der Waals surface area (Å²) >= 11 is 0. The van der Waals surface area contributed by atoms with Gasteiger partial charge in [-0.25, -0.2) is 4.98 Å². The van der Waals surface area contributed by atoms with E-state index in [1.807, 2.05) is 32.0 Å². The van der Waals surface area contributed by atoms with E-state index in [-0.39, 0.29) is 11.7 Å². The van der Waals surface area contributed by atoms with Crippen molar-refractivity contribution in [3.63, 3.8) is 0 Å². The van der Waals surface area contributed by atoms with Crippen molar-refractivity contribution in [3.8, 4) is 11.3 Å². The number of carbonyl (C=O) groups excluding carboxylic acids is 1. The van der Waals surface area contributed by atoms with Crippen LogP contribution in [0, 0.1) is 5.92 Å².